The van der Waals surface area contributed by atoms with Crippen LogP contribution in [0.2, 0.25) is 0 Å². The SMILES string of the molecule is [C-]#[N+]c1ccc(N2CC3(CCNCC3)OC2=O)cc1. The van der Waals surface area contributed by atoms with Crippen molar-refractivity contribution in [3.63, 3.8) is 0 Å². The molecule has 1 spiro atoms. The molecular formula is C14H15N3O2. The lowest BCUT2D eigenvalue weighted by atomic mass is 9.92. The van der Waals surface area contributed by atoms with Crippen LogP contribution < -0.4 is 10.2 Å². The highest BCUT2D eigenvalue weighted by Gasteiger charge is 2.46. The summed E-state index contributed by atoms with van der Waals surface area (Å²) in [6, 6.07) is 7.05. The average molecular weight is 257 g/mol. The Morgan fingerprint density at radius 1 is 1.26 bits per heavy atom. The molecule has 1 N–H and O–H groups in total. The molecule has 0 atom stereocenters. The molecule has 0 bridgehead atoms. The molecule has 0 radical (unpaired) electrons. The van der Waals surface area contributed by atoms with Crippen LogP contribution in [0.15, 0.2) is 24.3 Å². The summed E-state index contributed by atoms with van der Waals surface area (Å²) in [5.74, 6) is 0. The van der Waals surface area contributed by atoms with Crippen LogP contribution in [-0.4, -0.2) is 31.3 Å². The Hall–Kier alpha value is -2.06. The van der Waals surface area contributed by atoms with E-state index >= 15 is 0 Å². The molecule has 5 nitrogen and oxygen atoms in total. The monoisotopic (exact) mass is 257 g/mol. The summed E-state index contributed by atoms with van der Waals surface area (Å²) in [6.07, 6.45) is 1.43. The lowest BCUT2D eigenvalue weighted by Crippen LogP contribution is -2.44. The predicted molar refractivity (Wildman–Crippen MR) is 71.4 cm³/mol. The van der Waals surface area contributed by atoms with E-state index in [4.69, 9.17) is 11.3 Å². The number of nitrogens with zero attached hydrogens (tertiary/aromatic N) is 2. The van der Waals surface area contributed by atoms with E-state index in [0.717, 1.165) is 31.6 Å². The molecule has 2 aliphatic rings. The second kappa shape index (κ2) is 4.56. The van der Waals surface area contributed by atoms with Gasteiger partial charge in [-0.1, -0.05) is 12.1 Å². The van der Waals surface area contributed by atoms with Crippen molar-refractivity contribution in [2.45, 2.75) is 18.4 Å². The number of ether oxygens (including phenoxy) is 1. The third kappa shape index (κ3) is 2.15. The fourth-order valence-corrected chi connectivity index (χ4v) is 2.67. The Bertz CT molecular complexity index is 527. The first-order valence-electron chi connectivity index (χ1n) is 6.41. The number of benzene rings is 1. The van der Waals surface area contributed by atoms with Crippen molar-refractivity contribution in [1.29, 1.82) is 0 Å². The molecule has 19 heavy (non-hydrogen) atoms. The van der Waals surface area contributed by atoms with Gasteiger partial charge in [-0.15, -0.1) is 0 Å². The number of hydrogen-bond donors (Lipinski definition) is 1. The second-order valence-electron chi connectivity index (χ2n) is 5.02. The van der Waals surface area contributed by atoms with E-state index in [-0.39, 0.29) is 11.7 Å². The minimum absolute atomic E-state index is 0.280. The maximum Gasteiger partial charge on any atom is 0.415 e. The summed E-state index contributed by atoms with van der Waals surface area (Å²) in [5.41, 5.74) is 1.04. The molecule has 0 saturated carbocycles. The number of anilines is 1. The van der Waals surface area contributed by atoms with Crippen molar-refractivity contribution in [2.75, 3.05) is 24.5 Å². The Labute approximate surface area is 112 Å². The molecule has 2 aliphatic heterocycles. The Morgan fingerprint density at radius 3 is 2.58 bits per heavy atom. The van der Waals surface area contributed by atoms with E-state index < -0.39 is 0 Å². The molecule has 1 aromatic rings. The number of amides is 1. The normalized spacial score (nSPS) is 21.2. The first-order valence-corrected chi connectivity index (χ1v) is 6.41. The fraction of sp³-hybridized carbons (Fsp3) is 0.429. The van der Waals surface area contributed by atoms with E-state index in [1.54, 1.807) is 29.2 Å². The van der Waals surface area contributed by atoms with Crippen LogP contribution in [0.25, 0.3) is 4.85 Å². The molecule has 0 unspecified atom stereocenters. The largest absolute Gasteiger partial charge is 0.441 e. The van der Waals surface area contributed by atoms with Gasteiger partial charge in [0.05, 0.1) is 13.1 Å². The highest BCUT2D eigenvalue weighted by molar-refractivity contribution is 5.90. The van der Waals surface area contributed by atoms with E-state index in [9.17, 15) is 4.79 Å². The number of carbonyl (C=O) groups is 1. The maximum atomic E-state index is 12.0. The van der Waals surface area contributed by atoms with E-state index in [1.165, 1.54) is 0 Å². The number of hydrogen-bond acceptors (Lipinski definition) is 3. The lowest BCUT2D eigenvalue weighted by Gasteiger charge is -2.31. The predicted octanol–water partition coefficient (Wildman–Crippen LogP) is 2.32. The lowest BCUT2D eigenvalue weighted by molar-refractivity contribution is 0.0316. The molecule has 1 aromatic carbocycles. The van der Waals surface area contributed by atoms with Gasteiger partial charge in [-0.2, -0.15) is 0 Å². The van der Waals surface area contributed by atoms with E-state index in [0.29, 0.717) is 12.2 Å². The van der Waals surface area contributed by atoms with Gasteiger partial charge in [-0.3, -0.25) is 4.90 Å². The molecule has 2 heterocycles. The fourth-order valence-electron chi connectivity index (χ4n) is 2.67. The molecule has 5 heteroatoms. The highest BCUT2D eigenvalue weighted by atomic mass is 16.6. The average Bonchev–Trinajstić information content (AvgIpc) is 2.76. The van der Waals surface area contributed by atoms with Gasteiger partial charge in [-0.25, -0.2) is 9.64 Å². The summed E-state index contributed by atoms with van der Waals surface area (Å²) in [6.45, 7) is 9.31. The maximum absolute atomic E-state index is 12.0. The minimum atomic E-state index is -0.333. The zero-order valence-electron chi connectivity index (χ0n) is 10.6. The Kier molecular flexibility index (Phi) is 2.88. The summed E-state index contributed by atoms with van der Waals surface area (Å²) in [5, 5.41) is 3.28. The van der Waals surface area contributed by atoms with Gasteiger partial charge in [-0.05, 0) is 25.2 Å². The van der Waals surface area contributed by atoms with Crippen molar-refractivity contribution in [3.8, 4) is 0 Å². The third-order valence-electron chi connectivity index (χ3n) is 3.78. The number of rotatable bonds is 1. The van der Waals surface area contributed by atoms with Crippen LogP contribution in [0, 0.1) is 6.57 Å². The number of piperidine rings is 1. The molecule has 0 aromatic heterocycles. The number of carbonyl (C=O) groups excluding carboxylic acids is 1. The highest BCUT2D eigenvalue weighted by Crippen LogP contribution is 2.34. The quantitative estimate of drug-likeness (QED) is 0.785. The smallest absolute Gasteiger partial charge is 0.415 e. The van der Waals surface area contributed by atoms with Crippen molar-refractivity contribution >= 4 is 17.5 Å². The summed E-state index contributed by atoms with van der Waals surface area (Å²) >= 11 is 0. The van der Waals surface area contributed by atoms with Crippen molar-refractivity contribution in [3.05, 3.63) is 35.7 Å². The van der Waals surface area contributed by atoms with Gasteiger partial charge < -0.3 is 10.1 Å². The van der Waals surface area contributed by atoms with Gasteiger partial charge in [0.1, 0.15) is 5.60 Å². The molecule has 2 fully saturated rings. The van der Waals surface area contributed by atoms with Gasteiger partial charge in [0.15, 0.2) is 5.69 Å². The third-order valence-corrected chi connectivity index (χ3v) is 3.78. The summed E-state index contributed by atoms with van der Waals surface area (Å²) in [4.78, 5) is 17.0. The van der Waals surface area contributed by atoms with Crippen molar-refractivity contribution in [2.24, 2.45) is 0 Å². The zero-order chi connectivity index (χ0) is 13.3. The van der Waals surface area contributed by atoms with E-state index in [1.807, 2.05) is 0 Å². The number of nitrogens with one attached hydrogen (secondary N) is 1. The van der Waals surface area contributed by atoms with Gasteiger partial charge in [0, 0.05) is 18.5 Å². The Morgan fingerprint density at radius 2 is 1.95 bits per heavy atom. The zero-order valence-corrected chi connectivity index (χ0v) is 10.6. The van der Waals surface area contributed by atoms with Gasteiger partial charge in [0.25, 0.3) is 0 Å². The van der Waals surface area contributed by atoms with E-state index in [2.05, 4.69) is 10.2 Å². The van der Waals surface area contributed by atoms with Gasteiger partial charge in [0.2, 0.25) is 0 Å². The second-order valence-corrected chi connectivity index (χ2v) is 5.02. The van der Waals surface area contributed by atoms with Crippen LogP contribution in [0.4, 0.5) is 16.2 Å². The molecular weight excluding hydrogens is 242 g/mol. The van der Waals surface area contributed by atoms with Crippen LogP contribution in [0.3, 0.4) is 0 Å². The Balaban J connectivity index is 1.81. The summed E-state index contributed by atoms with van der Waals surface area (Å²) in [7, 11) is 0. The molecule has 0 aliphatic carbocycles. The molecule has 1 amide bonds. The van der Waals surface area contributed by atoms with Crippen molar-refractivity contribution < 1.29 is 9.53 Å². The minimum Gasteiger partial charge on any atom is -0.441 e. The van der Waals surface area contributed by atoms with Gasteiger partial charge >= 0.3 is 6.09 Å². The van der Waals surface area contributed by atoms with Crippen LogP contribution in [0.5, 0.6) is 0 Å². The topological polar surface area (TPSA) is 45.9 Å². The standard InChI is InChI=1S/C14H15N3O2/c1-15-11-2-4-12(5-3-11)17-10-14(19-13(17)18)6-8-16-9-7-14/h2-5,16H,6-10H2. The molecule has 98 valence electrons. The molecule has 2 saturated heterocycles. The van der Waals surface area contributed by atoms with Crippen molar-refractivity contribution in [1.82, 2.24) is 5.32 Å². The van der Waals surface area contributed by atoms with Crippen LogP contribution in [-0.2, 0) is 4.74 Å². The first kappa shape index (κ1) is 12.0. The van der Waals surface area contributed by atoms with Crippen LogP contribution in [0.1, 0.15) is 12.8 Å². The van der Waals surface area contributed by atoms with Crippen LogP contribution >= 0.6 is 0 Å². The summed E-state index contributed by atoms with van der Waals surface area (Å²) < 4.78 is 5.60. The first-order chi connectivity index (χ1) is 9.22. The molecule has 3 rings (SSSR count).